The summed E-state index contributed by atoms with van der Waals surface area (Å²) in [5.41, 5.74) is 1.42. The highest BCUT2D eigenvalue weighted by Gasteiger charge is 2.32. The lowest BCUT2D eigenvalue weighted by molar-refractivity contribution is -0.137. The molecule has 1 unspecified atom stereocenters. The van der Waals surface area contributed by atoms with E-state index in [1.54, 1.807) is 18.2 Å². The number of hydrogen-bond donors (Lipinski definition) is 2. The molecule has 2 N–H and O–H groups in total. The highest BCUT2D eigenvalue weighted by molar-refractivity contribution is 9.10. The van der Waals surface area contributed by atoms with Gasteiger partial charge in [0.05, 0.1) is 18.1 Å². The molecular formula is C13H13BrN2O2. The zero-order valence-electron chi connectivity index (χ0n) is 9.69. The first-order chi connectivity index (χ1) is 8.60. The van der Waals surface area contributed by atoms with Gasteiger partial charge in [0.25, 0.3) is 0 Å². The van der Waals surface area contributed by atoms with E-state index in [2.05, 4.69) is 27.3 Å². The summed E-state index contributed by atoms with van der Waals surface area (Å²) >= 11 is 3.39. The maximum atomic E-state index is 10.8. The number of aliphatic carboxylic acids is 1. The molecule has 1 aromatic rings. The summed E-state index contributed by atoms with van der Waals surface area (Å²) in [4.78, 5) is 10.8. The molecule has 1 saturated carbocycles. The quantitative estimate of drug-likeness (QED) is 0.877. The van der Waals surface area contributed by atoms with E-state index in [9.17, 15) is 4.79 Å². The molecule has 0 bridgehead atoms. The van der Waals surface area contributed by atoms with Gasteiger partial charge in [0.2, 0.25) is 0 Å². The Bertz CT molecular complexity index is 506. The lowest BCUT2D eigenvalue weighted by atomic mass is 10.1. The van der Waals surface area contributed by atoms with E-state index >= 15 is 0 Å². The number of rotatable bonds is 5. The lowest BCUT2D eigenvalue weighted by Crippen LogP contribution is -2.25. The average molecular weight is 309 g/mol. The van der Waals surface area contributed by atoms with E-state index in [0.29, 0.717) is 11.5 Å². The molecule has 1 fully saturated rings. The predicted molar refractivity (Wildman–Crippen MR) is 71.2 cm³/mol. The molecule has 0 aromatic heterocycles. The van der Waals surface area contributed by atoms with Crippen LogP contribution < -0.4 is 5.32 Å². The Morgan fingerprint density at radius 3 is 2.83 bits per heavy atom. The Labute approximate surface area is 114 Å². The molecule has 5 heteroatoms. The zero-order valence-corrected chi connectivity index (χ0v) is 11.3. The summed E-state index contributed by atoms with van der Waals surface area (Å²) in [6, 6.07) is 7.28. The summed E-state index contributed by atoms with van der Waals surface area (Å²) in [6.07, 6.45) is 2.29. The number of anilines is 1. The van der Waals surface area contributed by atoms with Gasteiger partial charge >= 0.3 is 5.97 Å². The van der Waals surface area contributed by atoms with E-state index in [1.807, 2.05) is 0 Å². The third-order valence-corrected chi connectivity index (χ3v) is 3.68. The van der Waals surface area contributed by atoms with Gasteiger partial charge in [-0.25, -0.2) is 0 Å². The van der Waals surface area contributed by atoms with Gasteiger partial charge in [-0.3, -0.25) is 4.79 Å². The lowest BCUT2D eigenvalue weighted by Gasteiger charge is -2.18. The van der Waals surface area contributed by atoms with Crippen LogP contribution in [0.3, 0.4) is 0 Å². The van der Waals surface area contributed by atoms with Crippen molar-refractivity contribution in [2.75, 3.05) is 5.32 Å². The number of carboxylic acid groups (broad SMARTS) is 1. The average Bonchev–Trinajstić information content (AvgIpc) is 3.14. The first-order valence-corrected chi connectivity index (χ1v) is 6.57. The van der Waals surface area contributed by atoms with Gasteiger partial charge in [-0.05, 0) is 52.9 Å². The molecular weight excluding hydrogens is 296 g/mol. The number of nitrogens with zero attached hydrogens (tertiary/aromatic N) is 1. The minimum atomic E-state index is -0.788. The summed E-state index contributed by atoms with van der Waals surface area (Å²) in [7, 11) is 0. The van der Waals surface area contributed by atoms with E-state index < -0.39 is 5.97 Å². The second-order valence-electron chi connectivity index (χ2n) is 4.49. The van der Waals surface area contributed by atoms with Crippen LogP contribution in [-0.2, 0) is 4.79 Å². The van der Waals surface area contributed by atoms with Crippen LogP contribution in [0.4, 0.5) is 5.69 Å². The van der Waals surface area contributed by atoms with Crippen molar-refractivity contribution in [3.05, 3.63) is 28.2 Å². The van der Waals surface area contributed by atoms with Crippen molar-refractivity contribution < 1.29 is 9.90 Å². The van der Waals surface area contributed by atoms with Crippen LogP contribution in [0.15, 0.2) is 22.7 Å². The Kier molecular flexibility index (Phi) is 3.87. The van der Waals surface area contributed by atoms with Crippen molar-refractivity contribution in [2.45, 2.75) is 25.3 Å². The first kappa shape index (κ1) is 12.9. The van der Waals surface area contributed by atoms with Crippen LogP contribution in [0.5, 0.6) is 0 Å². The van der Waals surface area contributed by atoms with Gasteiger partial charge in [-0.1, -0.05) is 0 Å². The molecule has 1 atom stereocenters. The van der Waals surface area contributed by atoms with Gasteiger partial charge in [-0.2, -0.15) is 5.26 Å². The Morgan fingerprint density at radius 1 is 1.61 bits per heavy atom. The Balaban J connectivity index is 2.11. The number of halogens is 1. The molecule has 18 heavy (non-hydrogen) atoms. The fraction of sp³-hybridized carbons (Fsp3) is 0.385. The number of carboxylic acids is 1. The van der Waals surface area contributed by atoms with Gasteiger partial charge in [0.1, 0.15) is 0 Å². The van der Waals surface area contributed by atoms with E-state index in [1.165, 1.54) is 0 Å². The zero-order chi connectivity index (χ0) is 13.1. The SMILES string of the molecule is N#Cc1ccc(NC(CC(=O)O)C2CC2)c(Br)c1. The molecule has 1 aromatic carbocycles. The fourth-order valence-corrected chi connectivity index (χ4v) is 2.42. The van der Waals surface area contributed by atoms with E-state index in [0.717, 1.165) is 23.0 Å². The van der Waals surface area contributed by atoms with Gasteiger partial charge < -0.3 is 10.4 Å². The number of benzene rings is 1. The molecule has 2 rings (SSSR count). The van der Waals surface area contributed by atoms with Crippen molar-refractivity contribution in [1.29, 1.82) is 5.26 Å². The number of nitrogens with one attached hydrogen (secondary N) is 1. The fourth-order valence-electron chi connectivity index (χ4n) is 1.92. The second kappa shape index (κ2) is 5.40. The topological polar surface area (TPSA) is 73.1 Å². The summed E-state index contributed by atoms with van der Waals surface area (Å²) in [5, 5.41) is 20.9. The third kappa shape index (κ3) is 3.23. The normalized spacial score (nSPS) is 15.8. The maximum absolute atomic E-state index is 10.8. The standard InChI is InChI=1S/C13H13BrN2O2/c14-10-5-8(7-15)1-4-11(10)16-12(6-13(17)18)9-2-3-9/h1,4-5,9,12,16H,2-3,6H2,(H,17,18). The molecule has 0 spiro atoms. The van der Waals surface area contributed by atoms with E-state index in [4.69, 9.17) is 10.4 Å². The molecule has 1 aliphatic rings. The van der Waals surface area contributed by atoms with Crippen molar-refractivity contribution in [2.24, 2.45) is 5.92 Å². The maximum Gasteiger partial charge on any atom is 0.305 e. The van der Waals surface area contributed by atoms with Crippen molar-refractivity contribution >= 4 is 27.6 Å². The predicted octanol–water partition coefficient (Wildman–Crippen LogP) is 2.99. The minimum Gasteiger partial charge on any atom is -0.481 e. The minimum absolute atomic E-state index is 0.0354. The smallest absolute Gasteiger partial charge is 0.305 e. The molecule has 0 aliphatic heterocycles. The van der Waals surface area contributed by atoms with Crippen LogP contribution in [0.25, 0.3) is 0 Å². The van der Waals surface area contributed by atoms with Crippen LogP contribution in [0.2, 0.25) is 0 Å². The number of carbonyl (C=O) groups is 1. The van der Waals surface area contributed by atoms with Crippen molar-refractivity contribution in [3.63, 3.8) is 0 Å². The van der Waals surface area contributed by atoms with Crippen LogP contribution in [0, 0.1) is 17.2 Å². The van der Waals surface area contributed by atoms with E-state index in [-0.39, 0.29) is 12.5 Å². The third-order valence-electron chi connectivity index (χ3n) is 3.02. The molecule has 0 saturated heterocycles. The van der Waals surface area contributed by atoms with Crippen molar-refractivity contribution in [1.82, 2.24) is 0 Å². The molecule has 0 heterocycles. The second-order valence-corrected chi connectivity index (χ2v) is 5.35. The summed E-state index contributed by atoms with van der Waals surface area (Å²) in [5.74, 6) is -0.340. The molecule has 1 aliphatic carbocycles. The van der Waals surface area contributed by atoms with Crippen LogP contribution in [-0.4, -0.2) is 17.1 Å². The summed E-state index contributed by atoms with van der Waals surface area (Å²) in [6.45, 7) is 0. The van der Waals surface area contributed by atoms with Crippen LogP contribution in [0.1, 0.15) is 24.8 Å². The summed E-state index contributed by atoms with van der Waals surface area (Å²) < 4.78 is 0.789. The monoisotopic (exact) mass is 308 g/mol. The molecule has 4 nitrogen and oxygen atoms in total. The van der Waals surface area contributed by atoms with Gasteiger partial charge in [-0.15, -0.1) is 0 Å². The highest BCUT2D eigenvalue weighted by Crippen LogP contribution is 2.37. The first-order valence-electron chi connectivity index (χ1n) is 5.78. The Morgan fingerprint density at radius 2 is 2.33 bits per heavy atom. The largest absolute Gasteiger partial charge is 0.481 e. The van der Waals surface area contributed by atoms with Gasteiger partial charge in [0, 0.05) is 16.2 Å². The Hall–Kier alpha value is -1.54. The molecule has 94 valence electrons. The highest BCUT2D eigenvalue weighted by atomic mass is 79.9. The number of nitriles is 1. The molecule has 0 amide bonds. The molecule has 0 radical (unpaired) electrons. The van der Waals surface area contributed by atoms with Crippen molar-refractivity contribution in [3.8, 4) is 6.07 Å². The number of hydrogen-bond acceptors (Lipinski definition) is 3. The van der Waals surface area contributed by atoms with Gasteiger partial charge in [0.15, 0.2) is 0 Å². The van der Waals surface area contributed by atoms with Crippen LogP contribution >= 0.6 is 15.9 Å².